The first kappa shape index (κ1) is 23.1. The average molecular weight is 427 g/mol. The van der Waals surface area contributed by atoms with Gasteiger partial charge in [0, 0.05) is 24.5 Å². The number of benzene rings is 1. The number of rotatable bonds is 1. The molecule has 0 saturated carbocycles. The molecule has 2 aliphatic rings. The van der Waals surface area contributed by atoms with Crippen LogP contribution in [-0.4, -0.2) is 40.8 Å². The van der Waals surface area contributed by atoms with Crippen molar-refractivity contribution in [3.63, 3.8) is 0 Å². The largest absolute Gasteiger partial charge is 0.337 e. The van der Waals surface area contributed by atoms with Crippen molar-refractivity contribution in [1.29, 1.82) is 0 Å². The molecule has 1 aromatic carbocycles. The van der Waals surface area contributed by atoms with Crippen LogP contribution in [0.25, 0.3) is 0 Å². The lowest BCUT2D eigenvalue weighted by molar-refractivity contribution is -0.119. The Morgan fingerprint density at radius 3 is 2.57 bits per heavy atom. The number of imide groups is 1. The highest BCUT2D eigenvalue weighted by molar-refractivity contribution is 7.09. The molecule has 0 spiro atoms. The Balaban J connectivity index is 0.000000199. The maximum atomic E-state index is 11.6. The van der Waals surface area contributed by atoms with Crippen LogP contribution < -0.4 is 10.6 Å². The number of fused-ring (bicyclic) bond motifs is 1. The second-order valence-electron chi connectivity index (χ2n) is 6.42. The summed E-state index contributed by atoms with van der Waals surface area (Å²) in [6.07, 6.45) is 0.990. The summed E-state index contributed by atoms with van der Waals surface area (Å²) in [6.45, 7) is 8.74. The fourth-order valence-electron chi connectivity index (χ4n) is 2.80. The molecule has 1 fully saturated rings. The highest BCUT2D eigenvalue weighted by Crippen LogP contribution is 2.22. The van der Waals surface area contributed by atoms with Crippen molar-refractivity contribution < 1.29 is 14.4 Å². The van der Waals surface area contributed by atoms with Crippen molar-refractivity contribution >= 4 is 29.2 Å². The molecule has 7 nitrogen and oxygen atoms in total. The Bertz CT molecular complexity index is 1000. The molecule has 4 amide bonds. The SMILES string of the molecule is CC.CCc1ccc2c(c1)C(=O)N(C)C2.Cc1nc(C#CC2NC(=O)NC2=O)cs1. The minimum absolute atomic E-state index is 0.158. The van der Waals surface area contributed by atoms with Gasteiger partial charge in [-0.25, -0.2) is 9.78 Å². The molecule has 1 saturated heterocycles. The topological polar surface area (TPSA) is 91.4 Å². The van der Waals surface area contributed by atoms with E-state index in [2.05, 4.69) is 46.5 Å². The Labute approximate surface area is 180 Å². The van der Waals surface area contributed by atoms with Crippen molar-refractivity contribution in [2.75, 3.05) is 7.05 Å². The van der Waals surface area contributed by atoms with Gasteiger partial charge in [-0.05, 0) is 36.5 Å². The van der Waals surface area contributed by atoms with Gasteiger partial charge >= 0.3 is 6.03 Å². The summed E-state index contributed by atoms with van der Waals surface area (Å²) in [5.74, 6) is 5.11. The number of hydrogen-bond donors (Lipinski definition) is 2. The van der Waals surface area contributed by atoms with E-state index in [0.29, 0.717) is 5.69 Å². The van der Waals surface area contributed by atoms with Gasteiger partial charge in [-0.15, -0.1) is 11.3 Å². The second kappa shape index (κ2) is 10.6. The van der Waals surface area contributed by atoms with Gasteiger partial charge < -0.3 is 10.2 Å². The molecule has 2 aromatic rings. The van der Waals surface area contributed by atoms with Crippen LogP contribution in [0, 0.1) is 18.8 Å². The molecule has 4 rings (SSSR count). The van der Waals surface area contributed by atoms with Gasteiger partial charge in [0.2, 0.25) is 0 Å². The van der Waals surface area contributed by atoms with E-state index in [0.717, 1.165) is 29.1 Å². The predicted molar refractivity (Wildman–Crippen MR) is 117 cm³/mol. The van der Waals surface area contributed by atoms with Crippen molar-refractivity contribution in [1.82, 2.24) is 20.5 Å². The number of urea groups is 1. The van der Waals surface area contributed by atoms with Crippen LogP contribution >= 0.6 is 11.3 Å². The maximum Gasteiger partial charge on any atom is 0.322 e. The predicted octanol–water partition coefficient (Wildman–Crippen LogP) is 2.87. The Hall–Kier alpha value is -3.18. The number of carbonyl (C=O) groups excluding carboxylic acids is 3. The molecule has 0 radical (unpaired) electrons. The summed E-state index contributed by atoms with van der Waals surface area (Å²) in [4.78, 5) is 39.3. The molecule has 3 heterocycles. The van der Waals surface area contributed by atoms with Gasteiger partial charge in [-0.2, -0.15) is 0 Å². The monoisotopic (exact) mass is 426 g/mol. The number of hydrogen-bond acceptors (Lipinski definition) is 5. The molecule has 2 N–H and O–H groups in total. The molecule has 2 aliphatic heterocycles. The van der Waals surface area contributed by atoms with Gasteiger partial charge in [-0.3, -0.25) is 14.9 Å². The molecule has 158 valence electrons. The Morgan fingerprint density at radius 2 is 2.00 bits per heavy atom. The van der Waals surface area contributed by atoms with Crippen molar-refractivity contribution in [2.24, 2.45) is 0 Å². The van der Waals surface area contributed by atoms with Crippen LogP contribution in [0.3, 0.4) is 0 Å². The van der Waals surface area contributed by atoms with E-state index in [1.165, 1.54) is 16.9 Å². The number of nitrogens with one attached hydrogen (secondary N) is 2. The quantitative estimate of drug-likeness (QED) is 0.542. The Morgan fingerprint density at radius 1 is 1.27 bits per heavy atom. The van der Waals surface area contributed by atoms with Gasteiger partial charge in [-0.1, -0.05) is 38.8 Å². The molecule has 0 aliphatic carbocycles. The number of amides is 4. The van der Waals surface area contributed by atoms with E-state index >= 15 is 0 Å². The third kappa shape index (κ3) is 5.67. The summed E-state index contributed by atoms with van der Waals surface area (Å²) in [7, 11) is 1.84. The van der Waals surface area contributed by atoms with E-state index in [-0.39, 0.29) is 5.91 Å². The molecular weight excluding hydrogens is 400 g/mol. The van der Waals surface area contributed by atoms with Crippen molar-refractivity contribution in [3.05, 3.63) is 51.0 Å². The van der Waals surface area contributed by atoms with Crippen LogP contribution in [0.1, 0.15) is 53.0 Å². The minimum Gasteiger partial charge on any atom is -0.337 e. The summed E-state index contributed by atoms with van der Waals surface area (Å²) in [5.41, 5.74) is 3.90. The lowest BCUT2D eigenvalue weighted by Crippen LogP contribution is -2.26. The first-order chi connectivity index (χ1) is 14.4. The zero-order valence-corrected chi connectivity index (χ0v) is 18.6. The molecule has 1 unspecified atom stereocenters. The average Bonchev–Trinajstić information content (AvgIpc) is 3.39. The third-order valence-electron chi connectivity index (χ3n) is 4.31. The summed E-state index contributed by atoms with van der Waals surface area (Å²) < 4.78 is 0. The molecule has 30 heavy (non-hydrogen) atoms. The summed E-state index contributed by atoms with van der Waals surface area (Å²) in [6, 6.07) is 4.91. The second-order valence-corrected chi connectivity index (χ2v) is 7.49. The van der Waals surface area contributed by atoms with Crippen LogP contribution in [-0.2, 0) is 17.8 Å². The minimum atomic E-state index is -0.764. The highest BCUT2D eigenvalue weighted by Gasteiger charge is 2.27. The third-order valence-corrected chi connectivity index (χ3v) is 5.08. The van der Waals surface area contributed by atoms with Crippen LogP contribution in [0.4, 0.5) is 4.79 Å². The lowest BCUT2D eigenvalue weighted by Gasteiger charge is -2.04. The molecule has 8 heteroatoms. The number of nitrogens with zero attached hydrogens (tertiary/aromatic N) is 2. The molecule has 0 bridgehead atoms. The van der Waals surface area contributed by atoms with Gasteiger partial charge in [0.05, 0.1) is 5.01 Å². The normalized spacial score (nSPS) is 16.2. The van der Waals surface area contributed by atoms with E-state index in [1.54, 1.807) is 10.3 Å². The Kier molecular flexibility index (Phi) is 8.13. The summed E-state index contributed by atoms with van der Waals surface area (Å²) in [5, 5.41) is 7.20. The van der Waals surface area contributed by atoms with Crippen LogP contribution in [0.5, 0.6) is 0 Å². The first-order valence-electron chi connectivity index (χ1n) is 9.79. The number of aromatic nitrogens is 1. The zero-order valence-electron chi connectivity index (χ0n) is 17.8. The molecule has 1 aromatic heterocycles. The first-order valence-corrected chi connectivity index (χ1v) is 10.7. The summed E-state index contributed by atoms with van der Waals surface area (Å²) >= 11 is 1.49. The van der Waals surface area contributed by atoms with Gasteiger partial charge in [0.25, 0.3) is 11.8 Å². The standard InChI is InChI=1S/C11H13NO.C9H7N3O2S.C2H6/c1-3-8-4-5-9-7-12(2)11(13)10(9)6-8;1-5-10-6(4-15-5)2-3-7-8(13)12-9(14)11-7;1-2/h4-6H,3,7H2,1-2H3;4,7H,1H3,(H2,11,12,13,14);1-2H3. The highest BCUT2D eigenvalue weighted by atomic mass is 32.1. The number of carbonyl (C=O) groups is 3. The zero-order chi connectivity index (χ0) is 22.3. The van der Waals surface area contributed by atoms with E-state index in [1.807, 2.05) is 33.9 Å². The van der Waals surface area contributed by atoms with Crippen molar-refractivity contribution in [3.8, 4) is 11.8 Å². The fourth-order valence-corrected chi connectivity index (χ4v) is 3.34. The number of aryl methyl sites for hydroxylation is 2. The van der Waals surface area contributed by atoms with Gasteiger partial charge in [0.1, 0.15) is 5.69 Å². The van der Waals surface area contributed by atoms with E-state index in [9.17, 15) is 14.4 Å². The molecular formula is C22H26N4O3S. The fraction of sp³-hybridized carbons (Fsp3) is 0.364. The van der Waals surface area contributed by atoms with E-state index < -0.39 is 18.0 Å². The van der Waals surface area contributed by atoms with Crippen molar-refractivity contribution in [2.45, 2.75) is 46.7 Å². The molecule has 1 atom stereocenters. The van der Waals surface area contributed by atoms with Crippen LogP contribution in [0.2, 0.25) is 0 Å². The number of thiazole rings is 1. The van der Waals surface area contributed by atoms with E-state index in [4.69, 9.17) is 0 Å². The van der Waals surface area contributed by atoms with Crippen LogP contribution in [0.15, 0.2) is 23.6 Å². The maximum absolute atomic E-state index is 11.6. The lowest BCUT2D eigenvalue weighted by atomic mass is 10.0. The van der Waals surface area contributed by atoms with Gasteiger partial charge in [0.15, 0.2) is 6.04 Å². The smallest absolute Gasteiger partial charge is 0.322 e.